The molecule has 2 aromatic carbocycles. The van der Waals surface area contributed by atoms with Gasteiger partial charge >= 0.3 is 0 Å². The maximum atomic E-state index is 5.87. The fraction of sp³-hybridized carbons (Fsp3) is 0.0667. The fourth-order valence-electron chi connectivity index (χ4n) is 2.13. The molecule has 1 heteroatoms. The molecule has 0 atom stereocenters. The van der Waals surface area contributed by atoms with E-state index < -0.39 is 0 Å². The number of rotatable bonds is 0. The third-order valence-corrected chi connectivity index (χ3v) is 2.86. The lowest BCUT2D eigenvalue weighted by Crippen LogP contribution is -2.01. The minimum absolute atomic E-state index is 0.939. The lowest BCUT2D eigenvalue weighted by atomic mass is 9.94. The number of ether oxygens (including phenoxy) is 1. The van der Waals surface area contributed by atoms with Crippen LogP contribution in [0.2, 0.25) is 0 Å². The molecular formula is C15H12O. The summed E-state index contributed by atoms with van der Waals surface area (Å²) in [7, 11) is 0. The number of allylic oxidation sites excluding steroid dienone is 1. The monoisotopic (exact) mass is 208 g/mol. The van der Waals surface area contributed by atoms with Gasteiger partial charge in [0.05, 0.1) is 0 Å². The molecule has 0 fully saturated rings. The molecule has 1 aliphatic rings. The van der Waals surface area contributed by atoms with E-state index in [0.717, 1.165) is 11.5 Å². The second-order valence-corrected chi connectivity index (χ2v) is 3.80. The number of fused-ring (bicyclic) bond motifs is 2. The van der Waals surface area contributed by atoms with Crippen molar-refractivity contribution in [2.45, 2.75) is 6.92 Å². The van der Waals surface area contributed by atoms with Gasteiger partial charge in [0.2, 0.25) is 0 Å². The smallest absolute Gasteiger partial charge is 0.135 e. The second-order valence-electron chi connectivity index (χ2n) is 3.80. The highest BCUT2D eigenvalue weighted by Crippen LogP contribution is 2.42. The number of hydrogen-bond donors (Lipinski definition) is 0. The first kappa shape index (κ1) is 9.22. The molecule has 0 saturated heterocycles. The first-order valence-corrected chi connectivity index (χ1v) is 5.43. The quantitative estimate of drug-likeness (QED) is 0.536. The van der Waals surface area contributed by atoms with Crippen LogP contribution in [0.25, 0.3) is 5.57 Å². The second kappa shape index (κ2) is 3.53. The Hall–Kier alpha value is -2.02. The van der Waals surface area contributed by atoms with Crippen LogP contribution < -0.4 is 4.74 Å². The van der Waals surface area contributed by atoms with Gasteiger partial charge < -0.3 is 4.74 Å². The molecule has 0 saturated carbocycles. The molecule has 0 aromatic heterocycles. The summed E-state index contributed by atoms with van der Waals surface area (Å²) in [6.45, 7) is 2.06. The predicted molar refractivity (Wildman–Crippen MR) is 65.7 cm³/mol. The summed E-state index contributed by atoms with van der Waals surface area (Å²) in [5.41, 5.74) is 3.59. The van der Waals surface area contributed by atoms with Crippen molar-refractivity contribution in [1.29, 1.82) is 0 Å². The van der Waals surface area contributed by atoms with Crippen molar-refractivity contribution < 1.29 is 4.74 Å². The van der Waals surface area contributed by atoms with Crippen LogP contribution in [-0.2, 0) is 0 Å². The van der Waals surface area contributed by atoms with E-state index in [1.54, 1.807) is 0 Å². The van der Waals surface area contributed by atoms with Crippen molar-refractivity contribution in [2.75, 3.05) is 0 Å². The Morgan fingerprint density at radius 1 is 0.812 bits per heavy atom. The Morgan fingerprint density at radius 3 is 1.81 bits per heavy atom. The van der Waals surface area contributed by atoms with Crippen LogP contribution in [0.15, 0.2) is 54.6 Å². The molecule has 0 radical (unpaired) electrons. The van der Waals surface area contributed by atoms with E-state index in [1.807, 2.05) is 36.4 Å². The topological polar surface area (TPSA) is 9.23 Å². The van der Waals surface area contributed by atoms with Gasteiger partial charge in [0.25, 0.3) is 0 Å². The maximum Gasteiger partial charge on any atom is 0.135 e. The van der Waals surface area contributed by atoms with Crippen LogP contribution >= 0.6 is 0 Å². The van der Waals surface area contributed by atoms with Crippen molar-refractivity contribution in [3.8, 4) is 11.5 Å². The fourth-order valence-corrected chi connectivity index (χ4v) is 2.13. The van der Waals surface area contributed by atoms with Crippen molar-refractivity contribution in [2.24, 2.45) is 0 Å². The number of para-hydroxylation sites is 2. The summed E-state index contributed by atoms with van der Waals surface area (Å²) in [5, 5.41) is 0. The molecule has 1 heterocycles. The van der Waals surface area contributed by atoms with Crippen LogP contribution in [0.1, 0.15) is 18.1 Å². The van der Waals surface area contributed by atoms with Crippen LogP contribution in [-0.4, -0.2) is 0 Å². The molecule has 0 bridgehead atoms. The zero-order valence-electron chi connectivity index (χ0n) is 9.10. The lowest BCUT2D eigenvalue weighted by Gasteiger charge is -2.22. The molecule has 0 N–H and O–H groups in total. The van der Waals surface area contributed by atoms with Gasteiger partial charge in [-0.05, 0) is 24.6 Å². The normalized spacial score (nSPS) is 12.4. The van der Waals surface area contributed by atoms with Crippen molar-refractivity contribution >= 4 is 5.57 Å². The molecule has 1 aliphatic heterocycles. The first-order chi connectivity index (χ1) is 7.90. The zero-order chi connectivity index (χ0) is 11.0. The molecule has 0 spiro atoms. The molecule has 78 valence electrons. The molecule has 0 unspecified atom stereocenters. The SMILES string of the molecule is CC=C1c2ccccc2Oc2ccccc21. The van der Waals surface area contributed by atoms with Gasteiger partial charge in [-0.3, -0.25) is 0 Å². The Morgan fingerprint density at radius 2 is 1.31 bits per heavy atom. The van der Waals surface area contributed by atoms with Gasteiger partial charge in [0.1, 0.15) is 11.5 Å². The number of hydrogen-bond acceptors (Lipinski definition) is 1. The Kier molecular flexibility index (Phi) is 2.03. The van der Waals surface area contributed by atoms with E-state index in [9.17, 15) is 0 Å². The minimum atomic E-state index is 0.939. The predicted octanol–water partition coefficient (Wildman–Crippen LogP) is 4.24. The summed E-state index contributed by atoms with van der Waals surface area (Å²) in [4.78, 5) is 0. The van der Waals surface area contributed by atoms with Crippen molar-refractivity contribution in [3.05, 3.63) is 65.7 Å². The van der Waals surface area contributed by atoms with E-state index in [-0.39, 0.29) is 0 Å². The van der Waals surface area contributed by atoms with Gasteiger partial charge in [-0.15, -0.1) is 0 Å². The maximum absolute atomic E-state index is 5.87. The Bertz CT molecular complexity index is 520. The highest BCUT2D eigenvalue weighted by atomic mass is 16.5. The molecule has 1 nitrogen and oxygen atoms in total. The van der Waals surface area contributed by atoms with E-state index in [4.69, 9.17) is 4.74 Å². The summed E-state index contributed by atoms with van der Waals surface area (Å²) in [6.07, 6.45) is 2.14. The molecule has 3 rings (SSSR count). The summed E-state index contributed by atoms with van der Waals surface area (Å²) in [5.74, 6) is 1.88. The largest absolute Gasteiger partial charge is 0.456 e. The van der Waals surface area contributed by atoms with Gasteiger partial charge in [-0.2, -0.15) is 0 Å². The first-order valence-electron chi connectivity index (χ1n) is 5.43. The van der Waals surface area contributed by atoms with Gasteiger partial charge in [-0.25, -0.2) is 0 Å². The van der Waals surface area contributed by atoms with Crippen LogP contribution in [0.3, 0.4) is 0 Å². The lowest BCUT2D eigenvalue weighted by molar-refractivity contribution is 0.474. The zero-order valence-corrected chi connectivity index (χ0v) is 9.10. The van der Waals surface area contributed by atoms with Crippen molar-refractivity contribution in [1.82, 2.24) is 0 Å². The van der Waals surface area contributed by atoms with E-state index in [1.165, 1.54) is 16.7 Å². The van der Waals surface area contributed by atoms with Crippen LogP contribution in [0.5, 0.6) is 11.5 Å². The van der Waals surface area contributed by atoms with Gasteiger partial charge in [-0.1, -0.05) is 42.5 Å². The van der Waals surface area contributed by atoms with Gasteiger partial charge in [0.15, 0.2) is 0 Å². The standard InChI is InChI=1S/C15H12O/c1-2-11-12-7-3-5-9-14(12)16-15-10-6-4-8-13(11)15/h2-10H,1H3. The Labute approximate surface area is 95.0 Å². The Balaban J connectivity index is 2.28. The average Bonchev–Trinajstić information content (AvgIpc) is 2.36. The summed E-state index contributed by atoms with van der Waals surface area (Å²) >= 11 is 0. The minimum Gasteiger partial charge on any atom is -0.456 e. The van der Waals surface area contributed by atoms with Crippen molar-refractivity contribution in [3.63, 3.8) is 0 Å². The molecule has 0 aliphatic carbocycles. The summed E-state index contributed by atoms with van der Waals surface area (Å²) in [6, 6.07) is 16.3. The van der Waals surface area contributed by atoms with E-state index in [0.29, 0.717) is 0 Å². The van der Waals surface area contributed by atoms with Gasteiger partial charge in [0, 0.05) is 11.1 Å². The van der Waals surface area contributed by atoms with Crippen LogP contribution in [0, 0.1) is 0 Å². The molecule has 0 amide bonds. The van der Waals surface area contributed by atoms with E-state index >= 15 is 0 Å². The summed E-state index contributed by atoms with van der Waals surface area (Å²) < 4.78 is 5.87. The molecular weight excluding hydrogens is 196 g/mol. The molecule has 2 aromatic rings. The third-order valence-electron chi connectivity index (χ3n) is 2.86. The third kappa shape index (κ3) is 1.25. The highest BCUT2D eigenvalue weighted by Gasteiger charge is 2.19. The molecule has 16 heavy (non-hydrogen) atoms. The van der Waals surface area contributed by atoms with E-state index in [2.05, 4.69) is 25.1 Å². The number of benzene rings is 2. The van der Waals surface area contributed by atoms with Crippen LogP contribution in [0.4, 0.5) is 0 Å². The highest BCUT2D eigenvalue weighted by molar-refractivity contribution is 5.87. The average molecular weight is 208 g/mol.